The number of hydrogen-bond acceptors (Lipinski definition) is 3. The number of hydrogen-bond donors (Lipinski definition) is 2. The normalized spacial score (nSPS) is 13.3. The average molecular weight is 224 g/mol. The Hall–Kier alpha value is -0.800. The Morgan fingerprint density at radius 2 is 2.00 bits per heavy atom. The van der Waals surface area contributed by atoms with Crippen LogP contribution < -0.4 is 11.3 Å². The summed E-state index contributed by atoms with van der Waals surface area (Å²) in [5, 5.41) is 0. The van der Waals surface area contributed by atoms with Gasteiger partial charge in [-0.05, 0) is 18.4 Å². The number of furan rings is 1. The van der Waals surface area contributed by atoms with Gasteiger partial charge in [-0.25, -0.2) is 0 Å². The molecule has 0 aliphatic carbocycles. The Morgan fingerprint density at radius 1 is 1.31 bits per heavy atom. The van der Waals surface area contributed by atoms with Crippen molar-refractivity contribution in [2.45, 2.75) is 52.5 Å². The average Bonchev–Trinajstić information content (AvgIpc) is 2.79. The van der Waals surface area contributed by atoms with E-state index in [0.29, 0.717) is 0 Å². The van der Waals surface area contributed by atoms with E-state index in [1.807, 2.05) is 6.07 Å². The molecule has 0 aliphatic heterocycles. The van der Waals surface area contributed by atoms with Gasteiger partial charge in [0.25, 0.3) is 0 Å². The van der Waals surface area contributed by atoms with Gasteiger partial charge in [0, 0.05) is 18.0 Å². The Labute approximate surface area is 98.4 Å². The Kier molecular flexibility index (Phi) is 5.56. The summed E-state index contributed by atoms with van der Waals surface area (Å²) in [6, 6.07) is 2.25. The van der Waals surface area contributed by atoms with E-state index in [4.69, 9.17) is 10.3 Å². The number of nitrogens with two attached hydrogens (primary N) is 1. The summed E-state index contributed by atoms with van der Waals surface area (Å²) in [5.74, 6) is 7.43. The van der Waals surface area contributed by atoms with E-state index < -0.39 is 0 Å². The second-order valence-corrected chi connectivity index (χ2v) is 4.29. The molecule has 0 saturated carbocycles. The van der Waals surface area contributed by atoms with Gasteiger partial charge < -0.3 is 4.42 Å². The molecule has 92 valence electrons. The Bertz CT molecular complexity index is 292. The summed E-state index contributed by atoms with van der Waals surface area (Å²) < 4.78 is 5.45. The molecule has 1 heterocycles. The van der Waals surface area contributed by atoms with E-state index in [0.717, 1.165) is 24.5 Å². The molecular formula is C13H24N2O. The second-order valence-electron chi connectivity index (χ2n) is 4.29. The first-order valence-electron chi connectivity index (χ1n) is 6.29. The maximum atomic E-state index is 5.65. The number of rotatable bonds is 7. The van der Waals surface area contributed by atoms with Crippen LogP contribution in [0.15, 0.2) is 16.7 Å². The highest BCUT2D eigenvalue weighted by Gasteiger charge is 2.18. The third-order valence-corrected chi connectivity index (χ3v) is 3.40. The van der Waals surface area contributed by atoms with Gasteiger partial charge in [-0.3, -0.25) is 11.3 Å². The van der Waals surface area contributed by atoms with Gasteiger partial charge >= 0.3 is 0 Å². The molecule has 0 fully saturated rings. The van der Waals surface area contributed by atoms with E-state index in [2.05, 4.69) is 26.2 Å². The van der Waals surface area contributed by atoms with Crippen molar-refractivity contribution in [3.63, 3.8) is 0 Å². The second kappa shape index (κ2) is 6.71. The molecule has 0 aliphatic rings. The Balaban J connectivity index is 2.73. The molecule has 0 saturated heterocycles. The van der Waals surface area contributed by atoms with Crippen molar-refractivity contribution in [1.29, 1.82) is 0 Å². The van der Waals surface area contributed by atoms with Crippen LogP contribution in [-0.4, -0.2) is 0 Å². The molecule has 3 N–H and O–H groups in total. The van der Waals surface area contributed by atoms with Crippen LogP contribution in [0, 0.1) is 5.92 Å². The first-order chi connectivity index (χ1) is 7.76. The lowest BCUT2D eigenvalue weighted by Crippen LogP contribution is -2.30. The van der Waals surface area contributed by atoms with Crippen LogP contribution in [0.2, 0.25) is 0 Å². The summed E-state index contributed by atoms with van der Waals surface area (Å²) in [4.78, 5) is 0. The van der Waals surface area contributed by atoms with Crippen LogP contribution in [-0.2, 0) is 6.42 Å². The van der Waals surface area contributed by atoms with Gasteiger partial charge in [0.05, 0.1) is 6.26 Å². The van der Waals surface area contributed by atoms with Gasteiger partial charge in [0.15, 0.2) is 0 Å². The first kappa shape index (κ1) is 13.3. The SMILES string of the molecule is CCc1occc1C(CC(CC)CC)NN. The first-order valence-corrected chi connectivity index (χ1v) is 6.29. The van der Waals surface area contributed by atoms with Crippen molar-refractivity contribution < 1.29 is 4.42 Å². The third kappa shape index (κ3) is 3.09. The zero-order valence-electron chi connectivity index (χ0n) is 10.6. The third-order valence-electron chi connectivity index (χ3n) is 3.40. The molecule has 0 amide bonds. The highest BCUT2D eigenvalue weighted by molar-refractivity contribution is 5.21. The highest BCUT2D eigenvalue weighted by Crippen LogP contribution is 2.27. The molecule has 1 atom stereocenters. The van der Waals surface area contributed by atoms with Gasteiger partial charge in [0.2, 0.25) is 0 Å². The fourth-order valence-corrected chi connectivity index (χ4v) is 2.19. The molecule has 3 heteroatoms. The smallest absolute Gasteiger partial charge is 0.108 e. The highest BCUT2D eigenvalue weighted by atomic mass is 16.3. The van der Waals surface area contributed by atoms with E-state index >= 15 is 0 Å². The van der Waals surface area contributed by atoms with Gasteiger partial charge in [-0.15, -0.1) is 0 Å². The largest absolute Gasteiger partial charge is 0.469 e. The number of nitrogens with one attached hydrogen (secondary N) is 1. The lowest BCUT2D eigenvalue weighted by molar-refractivity contribution is 0.369. The van der Waals surface area contributed by atoms with E-state index in [1.165, 1.54) is 18.4 Å². The summed E-state index contributed by atoms with van der Waals surface area (Å²) in [7, 11) is 0. The minimum atomic E-state index is 0.221. The summed E-state index contributed by atoms with van der Waals surface area (Å²) in [6.45, 7) is 6.57. The Morgan fingerprint density at radius 3 is 2.50 bits per heavy atom. The molecule has 1 unspecified atom stereocenters. The van der Waals surface area contributed by atoms with Crippen molar-refractivity contribution in [2.75, 3.05) is 0 Å². The molecule has 3 nitrogen and oxygen atoms in total. The minimum Gasteiger partial charge on any atom is -0.469 e. The monoisotopic (exact) mass is 224 g/mol. The summed E-state index contributed by atoms with van der Waals surface area (Å²) in [5.41, 5.74) is 4.14. The van der Waals surface area contributed by atoms with Crippen LogP contribution in [0.3, 0.4) is 0 Å². The number of aryl methyl sites for hydroxylation is 1. The van der Waals surface area contributed by atoms with Crippen LogP contribution in [0.4, 0.5) is 0 Å². The molecule has 1 aromatic heterocycles. The zero-order valence-corrected chi connectivity index (χ0v) is 10.6. The zero-order chi connectivity index (χ0) is 12.0. The van der Waals surface area contributed by atoms with Crippen molar-refractivity contribution in [1.82, 2.24) is 5.43 Å². The summed E-state index contributed by atoms with van der Waals surface area (Å²) >= 11 is 0. The minimum absolute atomic E-state index is 0.221. The molecule has 16 heavy (non-hydrogen) atoms. The van der Waals surface area contributed by atoms with Crippen LogP contribution in [0.1, 0.15) is 57.4 Å². The molecule has 0 bridgehead atoms. The van der Waals surface area contributed by atoms with Gasteiger partial charge in [-0.1, -0.05) is 33.6 Å². The lowest BCUT2D eigenvalue weighted by Gasteiger charge is -2.21. The van der Waals surface area contributed by atoms with Crippen LogP contribution >= 0.6 is 0 Å². The molecule has 0 spiro atoms. The molecular weight excluding hydrogens is 200 g/mol. The maximum absolute atomic E-state index is 5.65. The van der Waals surface area contributed by atoms with Gasteiger partial charge in [0.1, 0.15) is 5.76 Å². The van der Waals surface area contributed by atoms with E-state index in [1.54, 1.807) is 6.26 Å². The van der Waals surface area contributed by atoms with Crippen LogP contribution in [0.5, 0.6) is 0 Å². The van der Waals surface area contributed by atoms with Crippen molar-refractivity contribution in [3.05, 3.63) is 23.7 Å². The molecule has 0 radical (unpaired) electrons. The molecule has 1 aromatic rings. The fourth-order valence-electron chi connectivity index (χ4n) is 2.19. The topological polar surface area (TPSA) is 51.2 Å². The van der Waals surface area contributed by atoms with Crippen molar-refractivity contribution in [3.8, 4) is 0 Å². The van der Waals surface area contributed by atoms with Crippen molar-refractivity contribution in [2.24, 2.45) is 11.8 Å². The molecule has 0 aromatic carbocycles. The maximum Gasteiger partial charge on any atom is 0.108 e. The van der Waals surface area contributed by atoms with Gasteiger partial charge in [-0.2, -0.15) is 0 Å². The summed E-state index contributed by atoms with van der Waals surface area (Å²) in [6.07, 6.45) is 6.16. The standard InChI is InChI=1S/C13H24N2O/c1-4-10(5-2)9-12(15-14)11-7-8-16-13(11)6-3/h7-8,10,12,15H,4-6,9,14H2,1-3H3. The van der Waals surface area contributed by atoms with E-state index in [9.17, 15) is 0 Å². The quantitative estimate of drug-likeness (QED) is 0.552. The van der Waals surface area contributed by atoms with Crippen LogP contribution in [0.25, 0.3) is 0 Å². The fraction of sp³-hybridized carbons (Fsp3) is 0.692. The van der Waals surface area contributed by atoms with E-state index in [-0.39, 0.29) is 6.04 Å². The van der Waals surface area contributed by atoms with Crippen molar-refractivity contribution >= 4 is 0 Å². The predicted molar refractivity (Wildman–Crippen MR) is 66.8 cm³/mol. The predicted octanol–water partition coefficient (Wildman–Crippen LogP) is 3.17. The lowest BCUT2D eigenvalue weighted by atomic mass is 9.91. The number of hydrazine groups is 1. The molecule has 1 rings (SSSR count).